The Morgan fingerprint density at radius 1 is 0.830 bits per heavy atom. The zero-order valence-electron chi connectivity index (χ0n) is 27.8. The first-order chi connectivity index (χ1) is 22.6. The van der Waals surface area contributed by atoms with Crippen LogP contribution in [0.5, 0.6) is 0 Å². The Bertz CT molecular complexity index is 1970. The quantitative estimate of drug-likeness (QED) is 0.160. The van der Waals surface area contributed by atoms with Crippen LogP contribution in [-0.2, 0) is 14.4 Å². The largest absolute Gasteiger partial charge is 0.407 e. The van der Waals surface area contributed by atoms with Crippen molar-refractivity contribution in [2.24, 2.45) is 16.8 Å². The molecule has 0 amide bonds. The van der Waals surface area contributed by atoms with E-state index in [1.807, 2.05) is 49.4 Å². The van der Waals surface area contributed by atoms with Gasteiger partial charge in [0.1, 0.15) is 0 Å². The van der Waals surface area contributed by atoms with Crippen molar-refractivity contribution in [2.75, 3.05) is 6.61 Å². The molecule has 1 aliphatic carbocycles. The lowest BCUT2D eigenvalue weighted by molar-refractivity contribution is 0.132. The number of rotatable bonds is 8. The average molecular weight is 661 g/mol. The molecule has 1 aromatic heterocycles. The Kier molecular flexibility index (Phi) is 8.35. The maximum Gasteiger partial charge on any atom is 0.268 e. The number of fused-ring (bicyclic) bond motifs is 3. The van der Waals surface area contributed by atoms with Crippen LogP contribution in [0.2, 0.25) is 5.04 Å². The SMILES string of the molecule is Cc1ccc(S(=O)(=O)n2c(C3=N[C@@H]4CC[C@@H](CO[Si](c5ccccc5)(c5ccccc5)C(C)(C)C)[C@H](C3)C4)cc3ccccc32)cc1. The molecule has 1 fully saturated rings. The van der Waals surface area contributed by atoms with Gasteiger partial charge in [0.2, 0.25) is 0 Å². The first kappa shape index (κ1) is 31.8. The van der Waals surface area contributed by atoms with E-state index >= 15 is 0 Å². The number of para-hydroxylation sites is 1. The van der Waals surface area contributed by atoms with Crippen LogP contribution in [0.4, 0.5) is 0 Å². The second-order valence-corrected chi connectivity index (χ2v) is 20.5. The van der Waals surface area contributed by atoms with Crippen molar-refractivity contribution in [2.45, 2.75) is 69.4 Å². The van der Waals surface area contributed by atoms with Gasteiger partial charge in [0.05, 0.1) is 27.9 Å². The van der Waals surface area contributed by atoms with E-state index in [0.29, 0.717) is 34.5 Å². The molecule has 5 aromatic rings. The zero-order valence-corrected chi connectivity index (χ0v) is 29.6. The molecule has 4 aromatic carbocycles. The summed E-state index contributed by atoms with van der Waals surface area (Å²) in [5.74, 6) is 0.734. The molecule has 3 atom stereocenters. The fourth-order valence-electron chi connectivity index (χ4n) is 7.98. The number of aryl methyl sites for hydroxylation is 1. The van der Waals surface area contributed by atoms with Crippen molar-refractivity contribution >= 4 is 45.3 Å². The molecule has 2 heterocycles. The predicted octanol–water partition coefficient (Wildman–Crippen LogP) is 7.74. The summed E-state index contributed by atoms with van der Waals surface area (Å²) in [6, 6.07) is 38.8. The molecular weight excluding hydrogens is 617 g/mol. The van der Waals surface area contributed by atoms with Crippen LogP contribution < -0.4 is 10.4 Å². The summed E-state index contributed by atoms with van der Waals surface area (Å²) in [5, 5.41) is 3.41. The van der Waals surface area contributed by atoms with Gasteiger partial charge < -0.3 is 4.43 Å². The smallest absolute Gasteiger partial charge is 0.268 e. The lowest BCUT2D eigenvalue weighted by Gasteiger charge is -2.45. The summed E-state index contributed by atoms with van der Waals surface area (Å²) < 4.78 is 37.5. The summed E-state index contributed by atoms with van der Waals surface area (Å²) in [4.78, 5) is 5.52. The monoisotopic (exact) mass is 660 g/mol. The third kappa shape index (κ3) is 5.72. The average Bonchev–Trinajstić information content (AvgIpc) is 3.47. The number of nitrogens with zero attached hydrogens (tertiary/aromatic N) is 2. The zero-order chi connectivity index (χ0) is 32.8. The van der Waals surface area contributed by atoms with E-state index in [-0.39, 0.29) is 11.1 Å². The highest BCUT2D eigenvalue weighted by Crippen LogP contribution is 2.42. The highest BCUT2D eigenvalue weighted by atomic mass is 32.2. The lowest BCUT2D eigenvalue weighted by Crippen LogP contribution is -2.67. The fraction of sp³-hybridized carbons (Fsp3) is 0.325. The highest BCUT2D eigenvalue weighted by molar-refractivity contribution is 7.90. The van der Waals surface area contributed by atoms with Crippen LogP contribution in [0.15, 0.2) is 125 Å². The molecule has 0 saturated heterocycles. The maximum atomic E-state index is 14.3. The van der Waals surface area contributed by atoms with E-state index in [2.05, 4.69) is 81.4 Å². The van der Waals surface area contributed by atoms with Crippen molar-refractivity contribution in [1.29, 1.82) is 0 Å². The van der Waals surface area contributed by atoms with Crippen molar-refractivity contribution < 1.29 is 12.8 Å². The molecule has 0 unspecified atom stereocenters. The van der Waals surface area contributed by atoms with Crippen LogP contribution in [0.25, 0.3) is 10.9 Å². The van der Waals surface area contributed by atoms with Crippen molar-refractivity contribution in [3.05, 3.63) is 127 Å². The van der Waals surface area contributed by atoms with E-state index in [1.54, 1.807) is 16.1 Å². The first-order valence-corrected chi connectivity index (χ1v) is 20.2. The Hall–Kier alpha value is -3.78. The molecule has 47 heavy (non-hydrogen) atoms. The number of hydrogen-bond donors (Lipinski definition) is 0. The standard InChI is InChI=1S/C40H44N2O3SSi/c1-29-19-23-34(24-20-29)46(43,44)42-38-18-12-11-13-30(38)27-39(42)37-26-32-25-33(41-37)22-21-31(32)28-45-47(40(2,3)4,35-14-7-5-8-15-35)36-16-9-6-10-17-36/h5-20,23-24,27,31-33H,21-22,25-26,28H2,1-4H3/t31-,32-,33+/m0/s1. The van der Waals surface area contributed by atoms with E-state index in [1.165, 1.54) is 10.4 Å². The second kappa shape index (κ2) is 12.3. The van der Waals surface area contributed by atoms with Crippen molar-refractivity contribution in [3.8, 4) is 0 Å². The van der Waals surface area contributed by atoms with Gasteiger partial charge in [-0.3, -0.25) is 4.99 Å². The predicted molar refractivity (Wildman–Crippen MR) is 195 cm³/mol. The Morgan fingerprint density at radius 2 is 1.45 bits per heavy atom. The molecule has 0 N–H and O–H groups in total. The van der Waals surface area contributed by atoms with E-state index < -0.39 is 18.3 Å². The molecule has 7 rings (SSSR count). The molecular formula is C40H44N2O3SSi. The summed E-state index contributed by atoms with van der Waals surface area (Å²) >= 11 is 0. The minimum atomic E-state index is -3.85. The third-order valence-corrected chi connectivity index (χ3v) is 17.1. The topological polar surface area (TPSA) is 60.7 Å². The molecule has 7 heteroatoms. The van der Waals surface area contributed by atoms with Gasteiger partial charge in [0.25, 0.3) is 18.3 Å². The Morgan fingerprint density at radius 3 is 2.09 bits per heavy atom. The van der Waals surface area contributed by atoms with Gasteiger partial charge in [-0.05, 0) is 84.1 Å². The molecule has 1 aliphatic heterocycles. The van der Waals surface area contributed by atoms with Crippen LogP contribution in [0.3, 0.4) is 0 Å². The molecule has 0 radical (unpaired) electrons. The number of hydrogen-bond acceptors (Lipinski definition) is 4. The van der Waals surface area contributed by atoms with Crippen LogP contribution in [0.1, 0.15) is 57.7 Å². The molecule has 242 valence electrons. The van der Waals surface area contributed by atoms with Gasteiger partial charge in [0, 0.05) is 12.0 Å². The van der Waals surface area contributed by atoms with Gasteiger partial charge >= 0.3 is 0 Å². The van der Waals surface area contributed by atoms with E-state index in [0.717, 1.165) is 42.3 Å². The first-order valence-electron chi connectivity index (χ1n) is 16.8. The Labute approximate surface area is 280 Å². The molecule has 1 saturated carbocycles. The lowest BCUT2D eigenvalue weighted by atomic mass is 9.73. The van der Waals surface area contributed by atoms with Gasteiger partial charge in [-0.25, -0.2) is 12.4 Å². The summed E-state index contributed by atoms with van der Waals surface area (Å²) in [6.45, 7) is 9.64. The van der Waals surface area contributed by atoms with Crippen LogP contribution >= 0.6 is 0 Å². The molecule has 2 aliphatic rings. The summed E-state index contributed by atoms with van der Waals surface area (Å²) in [6.07, 6.45) is 3.81. The van der Waals surface area contributed by atoms with Gasteiger partial charge in [-0.15, -0.1) is 0 Å². The molecule has 2 bridgehead atoms. The van der Waals surface area contributed by atoms with E-state index in [9.17, 15) is 8.42 Å². The summed E-state index contributed by atoms with van der Waals surface area (Å²) in [7, 11) is -6.51. The Balaban J connectivity index is 1.23. The number of aliphatic imine (C=N–C) groups is 1. The highest BCUT2D eigenvalue weighted by Gasteiger charge is 2.51. The summed E-state index contributed by atoms with van der Waals surface area (Å²) in [5.41, 5.74) is 3.30. The number of aromatic nitrogens is 1. The van der Waals surface area contributed by atoms with Crippen LogP contribution in [0, 0.1) is 18.8 Å². The van der Waals surface area contributed by atoms with Gasteiger partial charge in [-0.1, -0.05) is 117 Å². The normalized spacial score (nSPS) is 20.3. The second-order valence-electron chi connectivity index (χ2n) is 14.4. The number of benzene rings is 4. The van der Waals surface area contributed by atoms with E-state index in [4.69, 9.17) is 9.42 Å². The van der Waals surface area contributed by atoms with Crippen molar-refractivity contribution in [1.82, 2.24) is 3.97 Å². The maximum absolute atomic E-state index is 14.3. The molecule has 0 spiro atoms. The fourth-order valence-corrected chi connectivity index (χ4v) is 14.1. The minimum Gasteiger partial charge on any atom is -0.407 e. The van der Waals surface area contributed by atoms with Gasteiger partial charge in [0.15, 0.2) is 0 Å². The molecule has 5 nitrogen and oxygen atoms in total. The van der Waals surface area contributed by atoms with Crippen LogP contribution in [-0.4, -0.2) is 39.1 Å². The minimum absolute atomic E-state index is 0.0859. The van der Waals surface area contributed by atoms with Crippen molar-refractivity contribution in [3.63, 3.8) is 0 Å². The van der Waals surface area contributed by atoms with Gasteiger partial charge in [-0.2, -0.15) is 0 Å². The third-order valence-electron chi connectivity index (χ3n) is 10.4.